The molecule has 0 aliphatic rings. The summed E-state index contributed by atoms with van der Waals surface area (Å²) < 4.78 is 25.6. The summed E-state index contributed by atoms with van der Waals surface area (Å²) in [5.41, 5.74) is 2.76. The highest BCUT2D eigenvalue weighted by Crippen LogP contribution is 2.31. The molecule has 41 heavy (non-hydrogen) atoms. The van der Waals surface area contributed by atoms with Crippen LogP contribution in [0.5, 0.6) is 0 Å². The van der Waals surface area contributed by atoms with Crippen LogP contribution in [0.15, 0.2) is 53.6 Å². The number of unbranched alkanes of at least 4 members (excludes halogenated alkanes) is 3. The van der Waals surface area contributed by atoms with Crippen molar-refractivity contribution in [3.8, 4) is 0 Å². The van der Waals surface area contributed by atoms with Gasteiger partial charge in [-0.15, -0.1) is 0 Å². The Bertz CT molecular complexity index is 1490. The first-order valence-electron chi connectivity index (χ1n) is 12.9. The summed E-state index contributed by atoms with van der Waals surface area (Å²) >= 11 is 12.7. The average Bonchev–Trinajstić information content (AvgIpc) is 2.94. The third-order valence-corrected chi connectivity index (χ3v) is 8.82. The summed E-state index contributed by atoms with van der Waals surface area (Å²) in [5.74, 6) is -0.350. The predicted octanol–water partition coefficient (Wildman–Crippen LogP) is 5.64. The molecule has 1 aromatic heterocycles. The molecule has 0 radical (unpaired) electrons. The van der Waals surface area contributed by atoms with Crippen LogP contribution in [-0.2, 0) is 14.6 Å². The van der Waals surface area contributed by atoms with E-state index in [0.717, 1.165) is 19.3 Å². The van der Waals surface area contributed by atoms with E-state index in [1.54, 1.807) is 55.7 Å². The van der Waals surface area contributed by atoms with Crippen LogP contribution < -0.4 is 21.4 Å². The van der Waals surface area contributed by atoms with E-state index in [2.05, 4.69) is 25.9 Å². The van der Waals surface area contributed by atoms with Gasteiger partial charge in [0.2, 0.25) is 11.9 Å². The van der Waals surface area contributed by atoms with E-state index in [4.69, 9.17) is 28.4 Å². The Kier molecular flexibility index (Phi) is 11.7. The number of para-hydroxylation sites is 1. The van der Waals surface area contributed by atoms with Gasteiger partial charge in [-0.05, 0) is 57.0 Å². The normalized spacial score (nSPS) is 11.3. The molecule has 3 aromatic rings. The smallest absolute Gasteiger partial charge is 0.252 e. The summed E-state index contributed by atoms with van der Waals surface area (Å²) in [7, 11) is -3.56. The fraction of sp³-hybridized carbons (Fsp3) is 0.333. The second kappa shape index (κ2) is 15.0. The molecule has 0 atom stereocenters. The first kappa shape index (κ1) is 32.1. The lowest BCUT2D eigenvalue weighted by molar-refractivity contribution is -0.129. The SMILES string of the molecule is CC(C)S(=O)(=O)c1ccccc1Nc1nc(Nc2ccc(C(=O)NCCCCCCC(=O)NO)c(Cl)c2)ncc1Cl. The van der Waals surface area contributed by atoms with Gasteiger partial charge < -0.3 is 16.0 Å². The van der Waals surface area contributed by atoms with Crippen molar-refractivity contribution in [2.24, 2.45) is 0 Å². The molecule has 0 spiro atoms. The number of aromatic nitrogens is 2. The van der Waals surface area contributed by atoms with Gasteiger partial charge in [-0.2, -0.15) is 4.98 Å². The number of nitrogens with one attached hydrogen (secondary N) is 4. The number of hydroxylamine groups is 1. The summed E-state index contributed by atoms with van der Waals surface area (Å²) in [6.07, 6.45) is 4.66. The molecule has 0 saturated heterocycles. The van der Waals surface area contributed by atoms with Crippen molar-refractivity contribution >= 4 is 68.0 Å². The van der Waals surface area contributed by atoms with Crippen molar-refractivity contribution in [3.63, 3.8) is 0 Å². The zero-order valence-electron chi connectivity index (χ0n) is 22.6. The fourth-order valence-electron chi connectivity index (χ4n) is 3.74. The molecule has 3 rings (SSSR count). The van der Waals surface area contributed by atoms with Crippen LogP contribution in [0.4, 0.5) is 23.1 Å². The van der Waals surface area contributed by atoms with Crippen LogP contribution in [0.3, 0.4) is 0 Å². The maximum absolute atomic E-state index is 12.8. The predicted molar refractivity (Wildman–Crippen MR) is 159 cm³/mol. The Balaban J connectivity index is 1.62. The van der Waals surface area contributed by atoms with Crippen LogP contribution >= 0.6 is 23.2 Å². The molecule has 0 saturated carbocycles. The van der Waals surface area contributed by atoms with Crippen LogP contribution in [0.25, 0.3) is 0 Å². The molecular weight excluding hydrogens is 591 g/mol. The number of benzene rings is 2. The lowest BCUT2D eigenvalue weighted by Gasteiger charge is -2.15. The third-order valence-electron chi connectivity index (χ3n) is 6.02. The van der Waals surface area contributed by atoms with Gasteiger partial charge >= 0.3 is 0 Å². The Hall–Kier alpha value is -3.45. The van der Waals surface area contributed by atoms with Gasteiger partial charge in [-0.3, -0.25) is 14.8 Å². The zero-order valence-corrected chi connectivity index (χ0v) is 24.9. The highest BCUT2D eigenvalue weighted by molar-refractivity contribution is 7.92. The standard InChI is InChI=1S/C27H32Cl2N6O5S/c1-17(2)41(39,40)23-10-7-6-9-22(23)33-25-21(29)16-31-27(34-25)32-18-12-13-19(20(28)15-18)26(37)30-14-8-4-3-5-11-24(36)35-38/h6-7,9-10,12-13,15-17,38H,3-5,8,11,14H2,1-2H3,(H,30,37)(H,35,36)(H2,31,32,33,34). The van der Waals surface area contributed by atoms with Crippen LogP contribution in [0.1, 0.15) is 56.3 Å². The van der Waals surface area contributed by atoms with Crippen molar-refractivity contribution in [2.75, 3.05) is 17.2 Å². The van der Waals surface area contributed by atoms with E-state index in [9.17, 15) is 18.0 Å². The van der Waals surface area contributed by atoms with E-state index in [-0.39, 0.29) is 39.0 Å². The minimum Gasteiger partial charge on any atom is -0.352 e. The number of nitrogens with zero attached hydrogens (tertiary/aromatic N) is 2. The van der Waals surface area contributed by atoms with E-state index in [1.165, 1.54) is 12.3 Å². The highest BCUT2D eigenvalue weighted by Gasteiger charge is 2.23. The van der Waals surface area contributed by atoms with E-state index in [1.807, 2.05) is 0 Å². The molecule has 5 N–H and O–H groups in total. The number of rotatable bonds is 14. The number of hydrogen-bond donors (Lipinski definition) is 5. The van der Waals surface area contributed by atoms with Crippen molar-refractivity contribution in [1.82, 2.24) is 20.8 Å². The largest absolute Gasteiger partial charge is 0.352 e. The van der Waals surface area contributed by atoms with Gasteiger partial charge in [0.1, 0.15) is 5.02 Å². The van der Waals surface area contributed by atoms with Crippen LogP contribution in [0.2, 0.25) is 10.0 Å². The van der Waals surface area contributed by atoms with Gasteiger partial charge in [0.25, 0.3) is 5.91 Å². The molecule has 0 aliphatic carbocycles. The average molecular weight is 624 g/mol. The molecule has 1 heterocycles. The van der Waals surface area contributed by atoms with E-state index in [0.29, 0.717) is 29.9 Å². The van der Waals surface area contributed by atoms with Gasteiger partial charge in [0.05, 0.1) is 32.6 Å². The Labute approximate surface area is 249 Å². The number of halogens is 2. The second-order valence-corrected chi connectivity index (χ2v) is 12.7. The van der Waals surface area contributed by atoms with Gasteiger partial charge in [-0.25, -0.2) is 18.9 Å². The first-order chi connectivity index (χ1) is 19.5. The molecule has 0 bridgehead atoms. The molecule has 2 aromatic carbocycles. The number of hydrogen-bond acceptors (Lipinski definition) is 9. The maximum atomic E-state index is 12.8. The lowest BCUT2D eigenvalue weighted by Crippen LogP contribution is -2.24. The lowest BCUT2D eigenvalue weighted by atomic mass is 10.1. The molecule has 0 fully saturated rings. The number of anilines is 4. The van der Waals surface area contributed by atoms with E-state index < -0.39 is 21.0 Å². The Morgan fingerprint density at radius 1 is 0.976 bits per heavy atom. The van der Waals surface area contributed by atoms with Gasteiger partial charge in [0, 0.05) is 18.7 Å². The minimum absolute atomic E-state index is 0.131. The van der Waals surface area contributed by atoms with E-state index >= 15 is 0 Å². The summed E-state index contributed by atoms with van der Waals surface area (Å²) in [6, 6.07) is 11.3. The molecule has 220 valence electrons. The maximum Gasteiger partial charge on any atom is 0.252 e. The first-order valence-corrected chi connectivity index (χ1v) is 15.2. The number of sulfone groups is 1. The second-order valence-electron chi connectivity index (χ2n) is 9.38. The molecule has 2 amide bonds. The molecule has 0 aliphatic heterocycles. The Morgan fingerprint density at radius 3 is 2.41 bits per heavy atom. The van der Waals surface area contributed by atoms with Crippen LogP contribution in [-0.4, -0.2) is 47.2 Å². The van der Waals surface area contributed by atoms with Gasteiger partial charge in [0.15, 0.2) is 15.7 Å². The zero-order chi connectivity index (χ0) is 30.0. The van der Waals surface area contributed by atoms with Gasteiger partial charge in [-0.1, -0.05) is 48.2 Å². The summed E-state index contributed by atoms with van der Waals surface area (Å²) in [4.78, 5) is 32.2. The quantitative estimate of drug-likeness (QED) is 0.0869. The Morgan fingerprint density at radius 2 is 1.71 bits per heavy atom. The van der Waals surface area contributed by atoms with Crippen molar-refractivity contribution in [1.29, 1.82) is 0 Å². The molecular formula is C27H32Cl2N6O5S. The number of amides is 2. The molecule has 11 nitrogen and oxygen atoms in total. The number of carbonyl (C=O) groups is 2. The summed E-state index contributed by atoms with van der Waals surface area (Å²) in [5, 5.41) is 17.1. The molecule has 14 heteroatoms. The topological polar surface area (TPSA) is 162 Å². The minimum atomic E-state index is -3.56. The van der Waals surface area contributed by atoms with Crippen molar-refractivity contribution < 1.29 is 23.2 Å². The fourth-order valence-corrected chi connectivity index (χ4v) is 5.34. The monoisotopic (exact) mass is 622 g/mol. The summed E-state index contributed by atoms with van der Waals surface area (Å²) in [6.45, 7) is 3.68. The van der Waals surface area contributed by atoms with Crippen molar-refractivity contribution in [3.05, 3.63) is 64.3 Å². The molecule has 0 unspecified atom stereocenters. The van der Waals surface area contributed by atoms with Crippen LogP contribution in [0, 0.1) is 0 Å². The third kappa shape index (κ3) is 9.02. The number of carbonyl (C=O) groups excluding carboxylic acids is 2. The highest BCUT2D eigenvalue weighted by atomic mass is 35.5. The van der Waals surface area contributed by atoms with Crippen molar-refractivity contribution in [2.45, 2.75) is 56.1 Å².